The molecule has 0 saturated heterocycles. The minimum Gasteiger partial charge on any atom is -0.383 e. The molecule has 0 spiro atoms. The van der Waals surface area contributed by atoms with Crippen LogP contribution in [-0.4, -0.2) is 29.3 Å². The number of nitrogens with one attached hydrogen (secondary N) is 1. The van der Waals surface area contributed by atoms with Crippen molar-refractivity contribution in [1.82, 2.24) is 14.9 Å². The molecule has 5 heteroatoms. The lowest BCUT2D eigenvalue weighted by molar-refractivity contribution is 0.163. The van der Waals surface area contributed by atoms with Crippen LogP contribution in [0.4, 0.5) is 0 Å². The van der Waals surface area contributed by atoms with Crippen molar-refractivity contribution in [2.45, 2.75) is 25.9 Å². The van der Waals surface area contributed by atoms with Gasteiger partial charge in [0.1, 0.15) is 0 Å². The molecule has 1 aromatic heterocycles. The first-order chi connectivity index (χ1) is 6.36. The van der Waals surface area contributed by atoms with Crippen LogP contribution in [0.5, 0.6) is 0 Å². The van der Waals surface area contributed by atoms with E-state index in [1.807, 2.05) is 5.38 Å². The molecule has 0 fully saturated rings. The third-order valence-corrected chi connectivity index (χ3v) is 2.39. The summed E-state index contributed by atoms with van der Waals surface area (Å²) >= 11 is 1.38. The Morgan fingerprint density at radius 2 is 2.54 bits per heavy atom. The van der Waals surface area contributed by atoms with Crippen molar-refractivity contribution in [3.05, 3.63) is 11.1 Å². The molecule has 1 N–H and O–H groups in total. The number of nitrogens with zero attached hydrogens (tertiary/aromatic N) is 2. The minimum absolute atomic E-state index is 0.409. The Labute approximate surface area is 82.5 Å². The van der Waals surface area contributed by atoms with E-state index in [-0.39, 0.29) is 0 Å². The van der Waals surface area contributed by atoms with Crippen molar-refractivity contribution in [3.63, 3.8) is 0 Å². The zero-order chi connectivity index (χ0) is 9.52. The van der Waals surface area contributed by atoms with Gasteiger partial charge in [-0.1, -0.05) is 11.4 Å². The Morgan fingerprint density at radius 3 is 3.08 bits per heavy atom. The fraction of sp³-hybridized carbons (Fsp3) is 0.750. The fourth-order valence-corrected chi connectivity index (χ4v) is 1.48. The predicted molar refractivity (Wildman–Crippen MR) is 52.7 cm³/mol. The van der Waals surface area contributed by atoms with Gasteiger partial charge < -0.3 is 10.1 Å². The van der Waals surface area contributed by atoms with Crippen molar-refractivity contribution in [2.24, 2.45) is 0 Å². The van der Waals surface area contributed by atoms with Crippen LogP contribution in [0.25, 0.3) is 0 Å². The van der Waals surface area contributed by atoms with Gasteiger partial charge >= 0.3 is 0 Å². The maximum absolute atomic E-state index is 5.07. The molecule has 0 radical (unpaired) electrons. The molecule has 1 atom stereocenters. The van der Waals surface area contributed by atoms with E-state index in [9.17, 15) is 0 Å². The highest BCUT2D eigenvalue weighted by Gasteiger charge is 2.05. The van der Waals surface area contributed by atoms with Gasteiger partial charge in [0.2, 0.25) is 0 Å². The molecular formula is C8H15N3OS. The molecule has 0 amide bonds. The van der Waals surface area contributed by atoms with E-state index >= 15 is 0 Å². The van der Waals surface area contributed by atoms with Gasteiger partial charge in [0, 0.05) is 25.1 Å². The predicted octanol–water partition coefficient (Wildman–Crippen LogP) is 1.05. The SMILES string of the molecule is CC[C@@H](COC)NCc1csnn1. The van der Waals surface area contributed by atoms with Gasteiger partial charge in [-0.05, 0) is 18.0 Å². The second-order valence-corrected chi connectivity index (χ2v) is 3.45. The highest BCUT2D eigenvalue weighted by Crippen LogP contribution is 1.98. The molecule has 0 aliphatic heterocycles. The topological polar surface area (TPSA) is 47.0 Å². The highest BCUT2D eigenvalue weighted by molar-refractivity contribution is 7.03. The van der Waals surface area contributed by atoms with E-state index in [0.29, 0.717) is 6.04 Å². The Hall–Kier alpha value is -0.520. The van der Waals surface area contributed by atoms with Crippen LogP contribution < -0.4 is 5.32 Å². The van der Waals surface area contributed by atoms with Crippen molar-refractivity contribution in [3.8, 4) is 0 Å². The van der Waals surface area contributed by atoms with E-state index < -0.39 is 0 Å². The number of ether oxygens (including phenoxy) is 1. The van der Waals surface area contributed by atoms with Crippen molar-refractivity contribution >= 4 is 11.5 Å². The molecular weight excluding hydrogens is 186 g/mol. The van der Waals surface area contributed by atoms with Crippen LogP contribution >= 0.6 is 11.5 Å². The third-order valence-electron chi connectivity index (χ3n) is 1.84. The van der Waals surface area contributed by atoms with Gasteiger partial charge in [0.05, 0.1) is 12.3 Å². The molecule has 0 bridgehead atoms. The molecule has 1 heterocycles. The van der Waals surface area contributed by atoms with E-state index in [0.717, 1.165) is 25.3 Å². The molecule has 1 aromatic rings. The van der Waals surface area contributed by atoms with Crippen LogP contribution in [0.3, 0.4) is 0 Å². The van der Waals surface area contributed by atoms with Crippen LogP contribution in [0.2, 0.25) is 0 Å². The van der Waals surface area contributed by atoms with Gasteiger partial charge in [-0.25, -0.2) is 0 Å². The van der Waals surface area contributed by atoms with Gasteiger partial charge in [0.25, 0.3) is 0 Å². The van der Waals surface area contributed by atoms with E-state index in [1.54, 1.807) is 7.11 Å². The van der Waals surface area contributed by atoms with Gasteiger partial charge in [-0.3, -0.25) is 0 Å². The third kappa shape index (κ3) is 3.80. The first kappa shape index (κ1) is 10.6. The zero-order valence-electron chi connectivity index (χ0n) is 7.99. The van der Waals surface area contributed by atoms with Crippen LogP contribution in [-0.2, 0) is 11.3 Å². The molecule has 0 aromatic carbocycles. The lowest BCUT2D eigenvalue weighted by Crippen LogP contribution is -2.32. The fourth-order valence-electron chi connectivity index (χ4n) is 1.03. The summed E-state index contributed by atoms with van der Waals surface area (Å²) in [7, 11) is 1.72. The Morgan fingerprint density at radius 1 is 1.69 bits per heavy atom. The molecule has 1 rings (SSSR count). The monoisotopic (exact) mass is 201 g/mol. The van der Waals surface area contributed by atoms with E-state index in [4.69, 9.17) is 4.74 Å². The molecule has 0 aliphatic carbocycles. The van der Waals surface area contributed by atoms with Crippen LogP contribution in [0, 0.1) is 0 Å². The lowest BCUT2D eigenvalue weighted by Gasteiger charge is -2.14. The van der Waals surface area contributed by atoms with Crippen LogP contribution in [0.15, 0.2) is 5.38 Å². The molecule has 0 aliphatic rings. The van der Waals surface area contributed by atoms with Gasteiger partial charge in [-0.2, -0.15) is 0 Å². The summed E-state index contributed by atoms with van der Waals surface area (Å²) < 4.78 is 8.86. The number of methoxy groups -OCH3 is 1. The quantitative estimate of drug-likeness (QED) is 0.747. The summed E-state index contributed by atoms with van der Waals surface area (Å²) in [6.45, 7) is 3.66. The maximum atomic E-state index is 5.07. The number of rotatable bonds is 6. The van der Waals surface area contributed by atoms with Crippen molar-refractivity contribution in [1.29, 1.82) is 0 Å². The van der Waals surface area contributed by atoms with Crippen LogP contribution in [0.1, 0.15) is 19.0 Å². The molecule has 4 nitrogen and oxygen atoms in total. The average Bonchev–Trinajstić information content (AvgIpc) is 2.64. The Bertz CT molecular complexity index is 215. The summed E-state index contributed by atoms with van der Waals surface area (Å²) in [5.74, 6) is 0. The Kier molecular flexibility index (Phi) is 4.88. The largest absolute Gasteiger partial charge is 0.383 e. The Balaban J connectivity index is 2.23. The van der Waals surface area contributed by atoms with Crippen molar-refractivity contribution in [2.75, 3.05) is 13.7 Å². The second kappa shape index (κ2) is 6.01. The summed E-state index contributed by atoms with van der Waals surface area (Å²) in [5, 5.41) is 9.25. The summed E-state index contributed by atoms with van der Waals surface area (Å²) in [4.78, 5) is 0. The molecule has 74 valence electrons. The first-order valence-electron chi connectivity index (χ1n) is 4.35. The summed E-state index contributed by atoms with van der Waals surface area (Å²) in [6.07, 6.45) is 1.06. The molecule has 0 saturated carbocycles. The highest BCUT2D eigenvalue weighted by atomic mass is 32.1. The second-order valence-electron chi connectivity index (χ2n) is 2.84. The van der Waals surface area contributed by atoms with Gasteiger partial charge in [0.15, 0.2) is 0 Å². The smallest absolute Gasteiger partial charge is 0.0893 e. The first-order valence-corrected chi connectivity index (χ1v) is 5.18. The number of aromatic nitrogens is 2. The van der Waals surface area contributed by atoms with Crippen molar-refractivity contribution < 1.29 is 4.74 Å². The van der Waals surface area contributed by atoms with E-state index in [1.165, 1.54) is 11.5 Å². The molecule has 0 unspecified atom stereocenters. The van der Waals surface area contributed by atoms with Gasteiger partial charge in [-0.15, -0.1) is 5.10 Å². The zero-order valence-corrected chi connectivity index (χ0v) is 8.80. The lowest BCUT2D eigenvalue weighted by atomic mass is 10.2. The maximum Gasteiger partial charge on any atom is 0.0893 e. The summed E-state index contributed by atoms with van der Waals surface area (Å²) in [6, 6.07) is 0.409. The number of hydrogen-bond donors (Lipinski definition) is 1. The average molecular weight is 201 g/mol. The molecule has 13 heavy (non-hydrogen) atoms. The number of hydrogen-bond acceptors (Lipinski definition) is 5. The standard InChI is InChI=1S/C8H15N3OS/c1-3-7(5-12-2)9-4-8-6-13-11-10-8/h6-7,9H,3-5H2,1-2H3/t7-/m0/s1. The normalized spacial score (nSPS) is 13.1. The summed E-state index contributed by atoms with van der Waals surface area (Å²) in [5.41, 5.74) is 1.000. The van der Waals surface area contributed by atoms with E-state index in [2.05, 4.69) is 21.8 Å². The minimum atomic E-state index is 0.409.